The molecule has 0 aliphatic carbocycles. The third kappa shape index (κ3) is 19.9. The molecular formula is C30H57F3N2O2S. The van der Waals surface area contributed by atoms with Gasteiger partial charge in [0, 0.05) is 13.5 Å². The van der Waals surface area contributed by atoms with E-state index in [4.69, 9.17) is 4.78 Å². The second-order valence-electron chi connectivity index (χ2n) is 10.7. The van der Waals surface area contributed by atoms with Crippen molar-refractivity contribution in [1.29, 1.82) is 4.78 Å². The van der Waals surface area contributed by atoms with Crippen LogP contribution in [0, 0.1) is 4.78 Å². The maximum Gasteiger partial charge on any atom is 0.497 e. The molecule has 1 atom stereocenters. The fourth-order valence-electron chi connectivity index (χ4n) is 4.57. The van der Waals surface area contributed by atoms with Crippen LogP contribution in [0.4, 0.5) is 13.2 Å². The molecule has 0 spiro atoms. The Morgan fingerprint density at radius 2 is 0.974 bits per heavy atom. The van der Waals surface area contributed by atoms with Crippen LogP contribution in [0.1, 0.15) is 161 Å². The normalized spacial score (nSPS) is 13.7. The number of nitrogens with one attached hydrogen (secondary N) is 1. The van der Waals surface area contributed by atoms with E-state index in [1.165, 1.54) is 116 Å². The van der Waals surface area contributed by atoms with E-state index < -0.39 is 21.3 Å². The van der Waals surface area contributed by atoms with Crippen molar-refractivity contribution < 1.29 is 22.2 Å². The highest BCUT2D eigenvalue weighted by Crippen LogP contribution is 2.27. The van der Waals surface area contributed by atoms with Crippen LogP contribution < -0.4 is 0 Å². The maximum absolute atomic E-state index is 12.6. The Balaban J connectivity index is 3.37. The first-order valence-electron chi connectivity index (χ1n) is 15.4. The molecule has 226 valence electrons. The highest BCUT2D eigenvalue weighted by atomic mass is 32.2. The number of hydrogen-bond acceptors (Lipinski definition) is 3. The highest BCUT2D eigenvalue weighted by molar-refractivity contribution is 7.91. The number of amides is 1. The van der Waals surface area contributed by atoms with Crippen LogP contribution in [0.15, 0.2) is 12.2 Å². The van der Waals surface area contributed by atoms with Crippen molar-refractivity contribution in [3.63, 3.8) is 0 Å². The van der Waals surface area contributed by atoms with Gasteiger partial charge in [-0.3, -0.25) is 9.10 Å². The van der Waals surface area contributed by atoms with E-state index in [2.05, 4.69) is 19.1 Å². The number of nitrogens with zero attached hydrogens (tertiary/aromatic N) is 1. The minimum atomic E-state index is -5.22. The van der Waals surface area contributed by atoms with E-state index in [0.29, 0.717) is 6.42 Å². The molecule has 38 heavy (non-hydrogen) atoms. The standard InChI is InChI=1S/C30H57F3N2O2S/c1-3-4-5-6-7-8-9-10-11-12-13-14-15-16-17-18-19-20-21-22-23-24-25-26-27-28-29(36)35(2)38(34,37)30(31,32)33/h11-12,34H,3-10,13-28H2,1-2H3/b12-11+. The molecule has 0 aromatic heterocycles. The predicted octanol–water partition coefficient (Wildman–Crippen LogP) is 10.9. The van der Waals surface area contributed by atoms with Crippen molar-refractivity contribution in [3.8, 4) is 0 Å². The summed E-state index contributed by atoms with van der Waals surface area (Å²) < 4.78 is 56.2. The van der Waals surface area contributed by atoms with Crippen LogP contribution in [-0.2, 0) is 14.7 Å². The van der Waals surface area contributed by atoms with E-state index in [9.17, 15) is 22.2 Å². The molecule has 0 aromatic rings. The van der Waals surface area contributed by atoms with Gasteiger partial charge in [-0.2, -0.15) is 13.2 Å². The summed E-state index contributed by atoms with van der Waals surface area (Å²) in [7, 11) is -4.28. The minimum absolute atomic E-state index is 0.0453. The van der Waals surface area contributed by atoms with E-state index in [-0.39, 0.29) is 10.7 Å². The lowest BCUT2D eigenvalue weighted by Gasteiger charge is -2.21. The molecule has 0 radical (unpaired) electrons. The number of allylic oxidation sites excluding steroid dienone is 2. The summed E-state index contributed by atoms with van der Waals surface area (Å²) in [5.41, 5.74) is -5.22. The topological polar surface area (TPSA) is 61.2 Å². The van der Waals surface area contributed by atoms with Crippen molar-refractivity contribution >= 4 is 15.8 Å². The summed E-state index contributed by atoms with van der Waals surface area (Å²) in [6.45, 7) is 2.27. The number of alkyl halides is 3. The van der Waals surface area contributed by atoms with Crippen LogP contribution in [-0.4, -0.2) is 27.0 Å². The largest absolute Gasteiger partial charge is 0.497 e. The average molecular weight is 567 g/mol. The van der Waals surface area contributed by atoms with Gasteiger partial charge in [-0.15, -0.1) is 0 Å². The number of rotatable bonds is 26. The summed E-state index contributed by atoms with van der Waals surface area (Å²) in [4.78, 5) is 11.8. The Morgan fingerprint density at radius 1 is 0.658 bits per heavy atom. The first kappa shape index (κ1) is 37.0. The number of hydrogen-bond donors (Lipinski definition) is 1. The van der Waals surface area contributed by atoms with Crippen LogP contribution in [0.3, 0.4) is 0 Å². The molecular weight excluding hydrogens is 509 g/mol. The molecule has 0 aliphatic heterocycles. The Hall–Kier alpha value is -1.05. The molecule has 1 amide bonds. The second kappa shape index (κ2) is 23.8. The molecule has 1 N–H and O–H groups in total. The Kier molecular flexibility index (Phi) is 23.1. The summed E-state index contributed by atoms with van der Waals surface area (Å²) >= 11 is 0. The average Bonchev–Trinajstić information content (AvgIpc) is 2.87. The molecule has 0 fully saturated rings. The molecule has 1 unspecified atom stereocenters. The lowest BCUT2D eigenvalue weighted by Crippen LogP contribution is -2.40. The van der Waals surface area contributed by atoms with Crippen LogP contribution in [0.25, 0.3) is 0 Å². The summed E-state index contributed by atoms with van der Waals surface area (Å²) in [5, 5.41) is 0. The molecule has 0 aliphatic rings. The number of carbonyl (C=O) groups is 1. The van der Waals surface area contributed by atoms with Crippen molar-refractivity contribution in [2.45, 2.75) is 167 Å². The third-order valence-electron chi connectivity index (χ3n) is 7.20. The lowest BCUT2D eigenvalue weighted by molar-refractivity contribution is -0.126. The van der Waals surface area contributed by atoms with E-state index in [1.54, 1.807) is 0 Å². The van der Waals surface area contributed by atoms with Gasteiger partial charge >= 0.3 is 5.51 Å². The number of halogens is 3. The van der Waals surface area contributed by atoms with Gasteiger partial charge in [0.2, 0.25) is 15.8 Å². The summed E-state index contributed by atoms with van der Waals surface area (Å²) in [5.74, 6) is -0.881. The molecule has 0 rings (SSSR count). The third-order valence-corrected chi connectivity index (χ3v) is 8.81. The van der Waals surface area contributed by atoms with Crippen LogP contribution >= 0.6 is 0 Å². The van der Waals surface area contributed by atoms with Gasteiger partial charge in [0.05, 0.1) is 0 Å². The van der Waals surface area contributed by atoms with Gasteiger partial charge in [0.1, 0.15) is 0 Å². The van der Waals surface area contributed by atoms with Gasteiger partial charge < -0.3 is 0 Å². The Labute approximate surface area is 232 Å². The molecule has 0 saturated heterocycles. The van der Waals surface area contributed by atoms with Gasteiger partial charge in [0.25, 0.3) is 0 Å². The first-order chi connectivity index (χ1) is 18.1. The van der Waals surface area contributed by atoms with E-state index >= 15 is 0 Å². The van der Waals surface area contributed by atoms with Crippen molar-refractivity contribution in [1.82, 2.24) is 4.31 Å². The lowest BCUT2D eigenvalue weighted by atomic mass is 10.0. The van der Waals surface area contributed by atoms with Crippen molar-refractivity contribution in [3.05, 3.63) is 12.2 Å². The summed E-state index contributed by atoms with van der Waals surface area (Å²) in [6.07, 6.45) is 32.9. The molecule has 0 aromatic carbocycles. The molecule has 4 nitrogen and oxygen atoms in total. The minimum Gasteiger partial charge on any atom is -0.274 e. The highest BCUT2D eigenvalue weighted by Gasteiger charge is 2.46. The summed E-state index contributed by atoms with van der Waals surface area (Å²) in [6, 6.07) is 0. The zero-order valence-corrected chi connectivity index (χ0v) is 25.2. The van der Waals surface area contributed by atoms with Crippen LogP contribution in [0.2, 0.25) is 0 Å². The van der Waals surface area contributed by atoms with Crippen molar-refractivity contribution in [2.24, 2.45) is 0 Å². The molecule has 0 saturated carbocycles. The zero-order valence-electron chi connectivity index (χ0n) is 24.4. The maximum atomic E-state index is 12.6. The number of unbranched alkanes of at least 4 members (excludes halogenated alkanes) is 21. The van der Waals surface area contributed by atoms with Crippen molar-refractivity contribution in [2.75, 3.05) is 7.05 Å². The SMILES string of the molecule is CCCCCCCCC/C=C/CCCCCCCCCCCCCCCCC(=O)N(C)S(=N)(=O)C(F)(F)F. The van der Waals surface area contributed by atoms with E-state index in [0.717, 1.165) is 32.7 Å². The predicted molar refractivity (Wildman–Crippen MR) is 155 cm³/mol. The quantitative estimate of drug-likeness (QED) is 0.0836. The van der Waals surface area contributed by atoms with Gasteiger partial charge in [0.15, 0.2) is 0 Å². The fraction of sp³-hybridized carbons (Fsp3) is 0.900. The smallest absolute Gasteiger partial charge is 0.274 e. The van der Waals surface area contributed by atoms with Gasteiger partial charge in [-0.05, 0) is 32.1 Å². The first-order valence-corrected chi connectivity index (χ1v) is 16.9. The molecule has 0 heterocycles. The van der Waals surface area contributed by atoms with Gasteiger partial charge in [-0.25, -0.2) is 8.99 Å². The Morgan fingerprint density at radius 3 is 1.32 bits per heavy atom. The molecule has 8 heteroatoms. The fourth-order valence-corrected chi connectivity index (χ4v) is 5.26. The Bertz CT molecular complexity index is 694. The van der Waals surface area contributed by atoms with Crippen LogP contribution in [0.5, 0.6) is 0 Å². The van der Waals surface area contributed by atoms with Gasteiger partial charge in [-0.1, -0.05) is 135 Å². The number of carbonyl (C=O) groups excluding carboxylic acids is 1. The molecule has 0 bridgehead atoms. The second-order valence-corrected chi connectivity index (χ2v) is 12.8. The monoisotopic (exact) mass is 566 g/mol. The zero-order chi connectivity index (χ0) is 28.5. The van der Waals surface area contributed by atoms with E-state index in [1.807, 2.05) is 0 Å².